The second-order valence-electron chi connectivity index (χ2n) is 40.2. The predicted molar refractivity (Wildman–Crippen MR) is 519 cm³/mol. The van der Waals surface area contributed by atoms with E-state index < -0.39 is 175 Å². The number of hydrogen-bond acceptors (Lipinski definition) is 29. The Morgan fingerprint density at radius 1 is 0.542 bits per heavy atom. The Labute approximate surface area is 829 Å². The molecule has 12 rings (SSSR count). The van der Waals surface area contributed by atoms with E-state index >= 15 is 0 Å². The van der Waals surface area contributed by atoms with Crippen LogP contribution in [0, 0.1) is 51.9 Å². The van der Waals surface area contributed by atoms with E-state index in [9.17, 15) is 93.9 Å². The molecule has 0 bridgehead atoms. The number of para-hydroxylation sites is 1. The van der Waals surface area contributed by atoms with Gasteiger partial charge in [0.15, 0.2) is 6.23 Å². The van der Waals surface area contributed by atoms with Gasteiger partial charge in [0.25, 0.3) is 0 Å². The maximum atomic E-state index is 15.0. The molecule has 19 N–H and O–H groups in total. The number of amides is 10. The number of aryl methyl sites for hydroxylation is 2. The number of nitrogens with zero attached hydrogens (tertiary/aromatic N) is 2. The summed E-state index contributed by atoms with van der Waals surface area (Å²) in [4.78, 5) is 142. The number of fused-ring (bicyclic) bond motifs is 8. The molecule has 4 fully saturated rings. The van der Waals surface area contributed by atoms with E-state index in [-0.39, 0.29) is 150 Å². The largest absolute Gasteiger partial charge is 0.508 e. The molecule has 0 aromatic heterocycles. The van der Waals surface area contributed by atoms with Gasteiger partial charge < -0.3 is 127 Å². The number of aliphatic hydroxyl groups excluding tert-OH is 8. The number of carbonyl (C=O) groups is 10. The van der Waals surface area contributed by atoms with Crippen LogP contribution in [0.25, 0.3) is 0 Å². The van der Waals surface area contributed by atoms with Gasteiger partial charge >= 0.3 is 0 Å². The third-order valence-corrected chi connectivity index (χ3v) is 30.2. The monoisotopic (exact) mass is 1980 g/mol. The van der Waals surface area contributed by atoms with Crippen molar-refractivity contribution in [2.75, 3.05) is 103 Å². The molecule has 38 heteroatoms. The molecule has 0 spiro atoms. The van der Waals surface area contributed by atoms with Crippen molar-refractivity contribution in [3.63, 3.8) is 0 Å². The summed E-state index contributed by atoms with van der Waals surface area (Å²) in [5.41, 5.74) is 13.7. The summed E-state index contributed by atoms with van der Waals surface area (Å²) in [6, 6.07) is 20.9. The number of nitrogens with one attached hydrogen (secondary N) is 10. The van der Waals surface area contributed by atoms with Crippen LogP contribution in [0.4, 0.5) is 11.4 Å². The van der Waals surface area contributed by atoms with Crippen molar-refractivity contribution < 1.29 is 127 Å². The molecule has 778 valence electrons. The zero-order chi connectivity index (χ0) is 102. The van der Waals surface area contributed by atoms with Crippen LogP contribution < -0.4 is 52.8 Å². The number of imide groups is 1. The fourth-order valence-electron chi connectivity index (χ4n) is 22.3. The van der Waals surface area contributed by atoms with Crippen molar-refractivity contribution in [1.29, 1.82) is 5.53 Å². The number of carbonyl (C=O) groups excluding carboxylic acids is 10. The van der Waals surface area contributed by atoms with Crippen LogP contribution in [0.3, 0.4) is 0 Å². The minimum absolute atomic E-state index is 0.00173. The van der Waals surface area contributed by atoms with Gasteiger partial charge in [-0.05, 0) is 189 Å². The standard InChI is InChI=1S/C104H146N12O26/c1-61(2)86(97(133)108-62(3)94(130)111-74(57-117)96(132)109-68-33-29-64-31-35-79-101(4,70(64)54-68)40-18-42-103(79,6)99(134)114-100(135)104(7)43-19-41-102(5)71-55-69(120)34-30-65(71)32-36-80(102)104)113-95(131)73(110-82(122)39-46-136-48-50-138-52-53-139-51-49-137-47-45-107-81(121)37-38-84(124)116-56-67-22-14-13-20-63(67)27-28-66-21-15-16-25-75(66)116)24-11-9-17-44-106-83(123)60-140-76-26-12-8-10-23-72(87(76)115-105)112-98-92(129)89(126)85(77(58-118)142-98)93-91(128)90(127)88(125)78(59-119)141-93/h13-16,20-22,25,29-30,33-34,54-55,61-62,73-74,76-80,85-86,88-93,98,105,112,117-120,125-129H,8-12,17-19,23-24,26,31-32,35-53,56-60H2,1-7H3,(H,106,123)(H,107,121)(H,108,133)(H,109,132)(H,110,122)(H,111,130)(H,113,131)(H,114,134,135)/b87-72-,115-105?/t62-,73+,74-,76?,77+,78+,79+,80+,85?,86-,88+,89-,90-,91+,92+,93+,98-,101+,102+,103-,104-/m0/s1. The smallest absolute Gasteiger partial charge is 0.249 e. The summed E-state index contributed by atoms with van der Waals surface area (Å²) in [6.45, 7) is 12.3. The summed E-state index contributed by atoms with van der Waals surface area (Å²) in [5.74, 6) is -0.853. The summed E-state index contributed by atoms with van der Waals surface area (Å²) in [7, 11) is 0. The van der Waals surface area contributed by atoms with Crippen LogP contribution in [-0.2, 0) is 111 Å². The fraction of sp³-hybridized carbons (Fsp3) is 0.635. The van der Waals surface area contributed by atoms with E-state index in [1.54, 1.807) is 30.9 Å². The molecule has 2 saturated carbocycles. The van der Waals surface area contributed by atoms with Crippen LogP contribution >= 0.6 is 0 Å². The maximum Gasteiger partial charge on any atom is 0.249 e. The first kappa shape index (κ1) is 110. The molecule has 3 heterocycles. The number of aromatic hydroxyl groups is 1. The van der Waals surface area contributed by atoms with Crippen molar-refractivity contribution in [1.82, 2.24) is 42.5 Å². The average molecular weight is 1980 g/mol. The summed E-state index contributed by atoms with van der Waals surface area (Å²) < 4.78 is 40.5. The molecule has 10 amide bonds. The van der Waals surface area contributed by atoms with Crippen molar-refractivity contribution in [2.24, 2.45) is 39.6 Å². The number of anilines is 2. The van der Waals surface area contributed by atoms with E-state index in [2.05, 4.69) is 78.7 Å². The number of benzene rings is 4. The minimum Gasteiger partial charge on any atom is -0.508 e. The quantitative estimate of drug-likeness (QED) is 0.0126. The van der Waals surface area contributed by atoms with Crippen molar-refractivity contribution in [2.45, 2.75) is 292 Å². The minimum atomic E-state index is -1.81. The van der Waals surface area contributed by atoms with Gasteiger partial charge in [-0.1, -0.05) is 134 Å². The third-order valence-electron chi connectivity index (χ3n) is 30.2. The number of phenols is 1. The highest BCUT2D eigenvalue weighted by Crippen LogP contribution is 2.60. The molecule has 2 unspecified atom stereocenters. The first-order valence-electron chi connectivity index (χ1n) is 50.3. The van der Waals surface area contributed by atoms with Crippen LogP contribution in [0.5, 0.6) is 5.75 Å². The molecule has 38 nitrogen and oxygen atoms in total. The average Bonchev–Trinajstić information content (AvgIpc) is 0.717. The lowest BCUT2D eigenvalue weighted by Crippen LogP contribution is -2.68. The summed E-state index contributed by atoms with van der Waals surface area (Å²) in [5, 5.41) is 125. The molecule has 4 aromatic rings. The second-order valence-corrected chi connectivity index (χ2v) is 40.2. The topological polar surface area (TPSA) is 565 Å². The normalized spacial score (nSPS) is 28.0. The first-order valence-corrected chi connectivity index (χ1v) is 50.3. The van der Waals surface area contributed by atoms with Crippen molar-refractivity contribution in [3.05, 3.63) is 135 Å². The lowest BCUT2D eigenvalue weighted by Gasteiger charge is -2.56. The molecule has 0 radical (unpaired) electrons. The van der Waals surface area contributed by atoms with Gasteiger partial charge in [0.2, 0.25) is 59.1 Å². The van der Waals surface area contributed by atoms with Crippen LogP contribution in [0.15, 0.2) is 101 Å². The third kappa shape index (κ3) is 27.1. The van der Waals surface area contributed by atoms with Crippen molar-refractivity contribution >= 4 is 70.4 Å². The van der Waals surface area contributed by atoms with E-state index in [1.165, 1.54) is 12.5 Å². The van der Waals surface area contributed by atoms with E-state index in [4.69, 9.17) is 38.7 Å². The zero-order valence-electron chi connectivity index (χ0n) is 82.5. The lowest BCUT2D eigenvalue weighted by molar-refractivity contribution is -0.290. The molecule has 142 heavy (non-hydrogen) atoms. The molecule has 21 atom stereocenters. The molecular formula is C104H146N12O26. The molecule has 2 saturated heterocycles. The Hall–Kier alpha value is -10.3. The van der Waals surface area contributed by atoms with Gasteiger partial charge in [0.05, 0.1) is 114 Å². The summed E-state index contributed by atoms with van der Waals surface area (Å²) >= 11 is 0. The van der Waals surface area contributed by atoms with Gasteiger partial charge in [-0.25, -0.2) is 5.53 Å². The Bertz CT molecular complexity index is 5150. The number of unbranched alkanes of at least 4 members (excludes halogenated alkanes) is 2. The Morgan fingerprint density at radius 3 is 1.82 bits per heavy atom. The number of aliphatic hydroxyl groups is 8. The van der Waals surface area contributed by atoms with Gasteiger partial charge in [-0.3, -0.25) is 53.3 Å². The van der Waals surface area contributed by atoms with Gasteiger partial charge in [0.1, 0.15) is 78.8 Å². The van der Waals surface area contributed by atoms with E-state index in [0.29, 0.717) is 101 Å². The van der Waals surface area contributed by atoms with Crippen LogP contribution in [0.2, 0.25) is 0 Å². The second kappa shape index (κ2) is 51.4. The van der Waals surface area contributed by atoms with Crippen LogP contribution in [-0.4, -0.2) is 283 Å². The Morgan fingerprint density at radius 2 is 1.16 bits per heavy atom. The van der Waals surface area contributed by atoms with Gasteiger partial charge in [-0.15, -0.1) is 0 Å². The molecular weight excluding hydrogens is 1830 g/mol. The molecule has 8 aliphatic rings. The summed E-state index contributed by atoms with van der Waals surface area (Å²) in [6.07, 6.45) is -4.70. The molecule has 5 aliphatic carbocycles. The number of hydrogen-bond donors (Lipinski definition) is 19. The van der Waals surface area contributed by atoms with Gasteiger partial charge in [-0.2, -0.15) is 5.11 Å². The highest BCUT2D eigenvalue weighted by molar-refractivity contribution is 6.02. The number of phenolic OH excluding ortho intramolecular Hbond substituents is 1. The number of rotatable bonds is 46. The fourth-order valence-corrected chi connectivity index (χ4v) is 22.3. The SMILES string of the molecule is CC(C)[C@H](NC(=O)[C@@H](CCCCCNC(=O)COC1CCCCC/C(N[C@H]2O[C@H](CO)C([C@H]3O[C@H](CO)[C@@H](O)[C@H](O)[C@H]3O)[C@H](O)[C@H]2O)=C\1N=N)NC(=O)CCOCCOCCOCCOCCNC(=O)CCC(=O)N1Cc2ccccc2C#Cc2ccccc21)C(=O)N[C@@H](C)C(=O)N[C@@H](CO)C(=O)Nc1ccc2c(c1)[C@@]1(C)CCC[C@](C)(C(=O)NC(=O)[C@@]3(C)CCC[C@]4(C)c5cc(O)ccc5CC[C@@H]34)[C@@H]1CC2. The lowest BCUT2D eigenvalue weighted by atomic mass is 9.49. The molecule has 3 aliphatic heterocycles. The molecule has 4 aromatic carbocycles. The Balaban J connectivity index is 0.597. The van der Waals surface area contributed by atoms with E-state index in [0.717, 1.165) is 65.5 Å². The zero-order valence-corrected chi connectivity index (χ0v) is 82.5. The van der Waals surface area contributed by atoms with Crippen LogP contribution in [0.1, 0.15) is 216 Å². The number of ether oxygens (including phenoxy) is 7. The van der Waals surface area contributed by atoms with Gasteiger partial charge in [0, 0.05) is 60.8 Å². The van der Waals surface area contributed by atoms with E-state index in [1.807, 2.05) is 86.6 Å². The highest BCUT2D eigenvalue weighted by Gasteiger charge is 2.60. The highest BCUT2D eigenvalue weighted by atomic mass is 16.6. The number of allylic oxidation sites excluding steroid dienone is 1. The first-order chi connectivity index (χ1) is 68.1. The maximum absolute atomic E-state index is 15.0. The Kier molecular flexibility index (Phi) is 40.0. The van der Waals surface area contributed by atoms with Crippen molar-refractivity contribution in [3.8, 4) is 17.6 Å². The predicted octanol–water partition coefficient (Wildman–Crippen LogP) is 4.36.